The van der Waals surface area contributed by atoms with Crippen LogP contribution in [-0.4, -0.2) is 35.2 Å². The third kappa shape index (κ3) is 2.95. The second-order valence-corrected chi connectivity index (χ2v) is 4.73. The fourth-order valence-corrected chi connectivity index (χ4v) is 2.08. The lowest BCUT2D eigenvalue weighted by atomic mass is 10.1. The number of hydrogen-bond acceptors (Lipinski definition) is 2. The molecule has 3 nitrogen and oxygen atoms in total. The lowest BCUT2D eigenvalue weighted by molar-refractivity contribution is -0.0957. The molecule has 1 aliphatic rings. The molecule has 1 aliphatic heterocycles. The van der Waals surface area contributed by atoms with Crippen molar-refractivity contribution in [3.8, 4) is 5.75 Å². The summed E-state index contributed by atoms with van der Waals surface area (Å²) in [6.07, 6.45) is -3.45. The zero-order chi connectivity index (χ0) is 14.9. The predicted octanol–water partition coefficient (Wildman–Crippen LogP) is 3.04. The first kappa shape index (κ1) is 14.4. The normalized spacial score (nSPS) is 16.0. The second-order valence-electron chi connectivity index (χ2n) is 4.73. The van der Waals surface area contributed by atoms with Crippen molar-refractivity contribution in [3.63, 3.8) is 0 Å². The van der Waals surface area contributed by atoms with E-state index < -0.39 is 11.7 Å². The molecule has 0 aromatic heterocycles. The number of nitrogens with zero attached hydrogens (tertiary/aromatic N) is 1. The number of amides is 1. The molecule has 0 spiro atoms. The van der Waals surface area contributed by atoms with Gasteiger partial charge in [-0.05, 0) is 37.1 Å². The Labute approximate surface area is 114 Å². The molecule has 108 valence electrons. The summed E-state index contributed by atoms with van der Waals surface area (Å²) >= 11 is 0. The average Bonchev–Trinajstić information content (AvgIpc) is 2.40. The zero-order valence-electron chi connectivity index (χ0n) is 10.9. The maximum Gasteiger partial charge on any atom is 0.412 e. The van der Waals surface area contributed by atoms with Gasteiger partial charge in [0.2, 0.25) is 0 Å². The summed E-state index contributed by atoms with van der Waals surface area (Å²) in [7, 11) is 0. The van der Waals surface area contributed by atoms with E-state index in [-0.39, 0.29) is 31.2 Å². The maximum absolute atomic E-state index is 12.5. The van der Waals surface area contributed by atoms with Gasteiger partial charge in [0.1, 0.15) is 5.75 Å². The van der Waals surface area contributed by atoms with Gasteiger partial charge in [0, 0.05) is 24.2 Å². The summed E-state index contributed by atoms with van der Waals surface area (Å²) in [5.74, 6) is -0.245. The van der Waals surface area contributed by atoms with E-state index in [0.717, 1.165) is 6.08 Å². The Morgan fingerprint density at radius 2 is 2.05 bits per heavy atom. The zero-order valence-corrected chi connectivity index (χ0v) is 10.9. The van der Waals surface area contributed by atoms with Gasteiger partial charge in [0.25, 0.3) is 5.91 Å². The first-order chi connectivity index (χ1) is 9.29. The molecule has 6 heteroatoms. The minimum absolute atomic E-state index is 0.0457. The Morgan fingerprint density at radius 3 is 2.55 bits per heavy atom. The highest BCUT2D eigenvalue weighted by Gasteiger charge is 2.35. The van der Waals surface area contributed by atoms with Gasteiger partial charge in [-0.25, -0.2) is 0 Å². The van der Waals surface area contributed by atoms with E-state index in [2.05, 4.69) is 0 Å². The number of rotatable bonds is 1. The highest BCUT2D eigenvalue weighted by atomic mass is 19.4. The van der Waals surface area contributed by atoms with Crippen LogP contribution >= 0.6 is 0 Å². The maximum atomic E-state index is 12.5. The van der Waals surface area contributed by atoms with E-state index in [4.69, 9.17) is 0 Å². The molecule has 0 saturated heterocycles. The lowest BCUT2D eigenvalue weighted by Crippen LogP contribution is -2.36. The fourth-order valence-electron chi connectivity index (χ4n) is 2.08. The van der Waals surface area contributed by atoms with Gasteiger partial charge < -0.3 is 10.0 Å². The Morgan fingerprint density at radius 1 is 1.35 bits per heavy atom. The molecule has 0 unspecified atom stereocenters. The number of phenolic OH excluding ortho intramolecular Hbond substituents is 1. The molecule has 1 heterocycles. The monoisotopic (exact) mass is 285 g/mol. The number of halogens is 3. The minimum Gasteiger partial charge on any atom is -0.508 e. The summed E-state index contributed by atoms with van der Waals surface area (Å²) in [6.45, 7) is 1.65. The van der Waals surface area contributed by atoms with E-state index in [1.807, 2.05) is 0 Å². The van der Waals surface area contributed by atoms with Crippen LogP contribution in [-0.2, 0) is 0 Å². The third-order valence-corrected chi connectivity index (χ3v) is 3.30. The number of benzene rings is 1. The van der Waals surface area contributed by atoms with Crippen LogP contribution in [0, 0.1) is 6.92 Å². The third-order valence-electron chi connectivity index (χ3n) is 3.30. The number of phenols is 1. The number of carbonyl (C=O) groups is 1. The molecule has 0 aliphatic carbocycles. The Balaban J connectivity index is 2.12. The molecule has 0 atom stereocenters. The molecule has 0 saturated carbocycles. The van der Waals surface area contributed by atoms with Crippen LogP contribution in [0.4, 0.5) is 13.2 Å². The van der Waals surface area contributed by atoms with Crippen LogP contribution < -0.4 is 0 Å². The quantitative estimate of drug-likeness (QED) is 0.806. The molecule has 1 amide bonds. The van der Waals surface area contributed by atoms with Crippen molar-refractivity contribution in [2.24, 2.45) is 0 Å². The van der Waals surface area contributed by atoms with Crippen LogP contribution in [0.25, 0.3) is 0 Å². The van der Waals surface area contributed by atoms with Crippen molar-refractivity contribution >= 4 is 5.91 Å². The second kappa shape index (κ2) is 5.19. The Kier molecular flexibility index (Phi) is 3.74. The van der Waals surface area contributed by atoms with Crippen molar-refractivity contribution in [2.75, 3.05) is 13.1 Å². The van der Waals surface area contributed by atoms with Gasteiger partial charge >= 0.3 is 6.18 Å². The van der Waals surface area contributed by atoms with Gasteiger partial charge in [-0.15, -0.1) is 0 Å². The summed E-state index contributed by atoms with van der Waals surface area (Å²) in [5.41, 5.74) is 0.340. The highest BCUT2D eigenvalue weighted by molar-refractivity contribution is 5.94. The Bertz CT molecular complexity index is 564. The van der Waals surface area contributed by atoms with Gasteiger partial charge in [-0.2, -0.15) is 13.2 Å². The molecule has 1 N–H and O–H groups in total. The molecule has 0 radical (unpaired) electrons. The molecular formula is C14H14F3NO2. The van der Waals surface area contributed by atoms with Crippen molar-refractivity contribution in [1.29, 1.82) is 0 Å². The first-order valence-electron chi connectivity index (χ1n) is 6.14. The molecular weight excluding hydrogens is 271 g/mol. The van der Waals surface area contributed by atoms with Crippen molar-refractivity contribution in [3.05, 3.63) is 41.0 Å². The number of hydrogen-bond donors (Lipinski definition) is 1. The lowest BCUT2D eigenvalue weighted by Gasteiger charge is -2.27. The summed E-state index contributed by atoms with van der Waals surface area (Å²) < 4.78 is 37.5. The van der Waals surface area contributed by atoms with Crippen molar-refractivity contribution < 1.29 is 23.1 Å². The van der Waals surface area contributed by atoms with E-state index in [0.29, 0.717) is 11.1 Å². The number of aromatic hydroxyl groups is 1. The number of carbonyl (C=O) groups excluding carboxylic acids is 1. The summed E-state index contributed by atoms with van der Waals surface area (Å²) in [6, 6.07) is 4.40. The van der Waals surface area contributed by atoms with Gasteiger partial charge in [0.05, 0.1) is 0 Å². The van der Waals surface area contributed by atoms with Crippen molar-refractivity contribution in [2.45, 2.75) is 19.5 Å². The van der Waals surface area contributed by atoms with E-state index >= 15 is 0 Å². The molecule has 1 aromatic carbocycles. The van der Waals surface area contributed by atoms with Crippen LogP contribution in [0.5, 0.6) is 5.75 Å². The van der Waals surface area contributed by atoms with Crippen molar-refractivity contribution in [1.82, 2.24) is 4.90 Å². The van der Waals surface area contributed by atoms with E-state index in [1.54, 1.807) is 6.92 Å². The largest absolute Gasteiger partial charge is 0.508 e. The van der Waals surface area contributed by atoms with Crippen LogP contribution in [0.3, 0.4) is 0 Å². The summed E-state index contributed by atoms with van der Waals surface area (Å²) in [5, 5.41) is 9.40. The number of alkyl halides is 3. The molecule has 0 bridgehead atoms. The SMILES string of the molecule is Cc1cc(C(=O)N2CC=C(C(F)(F)F)CC2)ccc1O. The van der Waals surface area contributed by atoms with Gasteiger partial charge in [-0.1, -0.05) is 6.08 Å². The predicted molar refractivity (Wildman–Crippen MR) is 67.5 cm³/mol. The smallest absolute Gasteiger partial charge is 0.412 e. The standard InChI is InChI=1S/C14H14F3NO2/c1-9-8-10(2-3-12(9)19)13(20)18-6-4-11(5-7-18)14(15,16)17/h2-4,8,19H,5-7H2,1H3. The van der Waals surface area contributed by atoms with Crippen LogP contribution in [0.1, 0.15) is 22.3 Å². The number of aryl methyl sites for hydroxylation is 1. The van der Waals surface area contributed by atoms with E-state index in [1.165, 1.54) is 23.1 Å². The first-order valence-corrected chi connectivity index (χ1v) is 6.14. The van der Waals surface area contributed by atoms with Gasteiger partial charge in [0.15, 0.2) is 0 Å². The molecule has 1 aromatic rings. The molecule has 2 rings (SSSR count). The molecule has 20 heavy (non-hydrogen) atoms. The summed E-state index contributed by atoms with van der Waals surface area (Å²) in [4.78, 5) is 13.5. The fraction of sp³-hybridized carbons (Fsp3) is 0.357. The van der Waals surface area contributed by atoms with Crippen LogP contribution in [0.2, 0.25) is 0 Å². The average molecular weight is 285 g/mol. The molecule has 0 fully saturated rings. The highest BCUT2D eigenvalue weighted by Crippen LogP contribution is 2.30. The van der Waals surface area contributed by atoms with Gasteiger partial charge in [-0.3, -0.25) is 4.79 Å². The topological polar surface area (TPSA) is 40.5 Å². The van der Waals surface area contributed by atoms with E-state index in [9.17, 15) is 23.1 Å². The minimum atomic E-state index is -4.32. The van der Waals surface area contributed by atoms with Crippen LogP contribution in [0.15, 0.2) is 29.8 Å². The Hall–Kier alpha value is -1.98.